The Bertz CT molecular complexity index is 673. The van der Waals surface area contributed by atoms with Gasteiger partial charge in [-0.2, -0.15) is 17.0 Å². The van der Waals surface area contributed by atoms with Crippen LogP contribution in [-0.2, 0) is 26.7 Å². The molecule has 0 aromatic carbocycles. The number of aryl methyl sites for hydroxylation is 1. The Morgan fingerprint density at radius 2 is 1.75 bits per heavy atom. The van der Waals surface area contributed by atoms with Gasteiger partial charge in [0.15, 0.2) is 5.03 Å². The number of imidazole rings is 1. The van der Waals surface area contributed by atoms with Gasteiger partial charge >= 0.3 is 0 Å². The average molecular weight is 323 g/mol. The molecule has 0 saturated carbocycles. The second-order valence-electron chi connectivity index (χ2n) is 4.40. The van der Waals surface area contributed by atoms with Gasteiger partial charge in [-0.3, -0.25) is 0 Å². The van der Waals surface area contributed by atoms with Crippen molar-refractivity contribution in [3.63, 3.8) is 0 Å². The molecule has 20 heavy (non-hydrogen) atoms. The third kappa shape index (κ3) is 3.01. The zero-order valence-corrected chi connectivity index (χ0v) is 12.6. The number of rotatable bonds is 4. The zero-order chi connectivity index (χ0) is 15.0. The fourth-order valence-corrected chi connectivity index (χ4v) is 3.98. The predicted octanol–water partition coefficient (Wildman–Crippen LogP) is -1.52. The summed E-state index contributed by atoms with van der Waals surface area (Å²) in [6.45, 7) is 2.10. The van der Waals surface area contributed by atoms with Crippen molar-refractivity contribution in [3.8, 4) is 0 Å². The Kier molecular flexibility index (Phi) is 4.16. The zero-order valence-electron chi connectivity index (χ0n) is 11.0. The summed E-state index contributed by atoms with van der Waals surface area (Å²) < 4.78 is 49.3. The summed E-state index contributed by atoms with van der Waals surface area (Å²) >= 11 is 0. The summed E-state index contributed by atoms with van der Waals surface area (Å²) in [6.07, 6.45) is 1.88. The van der Waals surface area contributed by atoms with Gasteiger partial charge in [0.25, 0.3) is 20.2 Å². The standard InChI is InChI=1S/C9H17N5O4S2/c1-2-8-11-7-9(12-8)19(15,16)13-3-5-14(6-4-13)20(10,17)18/h7H,2-6H2,1H3,(H,11,12)(H2,10,17,18). The second kappa shape index (κ2) is 5.41. The second-order valence-corrected chi connectivity index (χ2v) is 7.85. The molecular formula is C9H17N5O4S2. The molecule has 1 saturated heterocycles. The fourth-order valence-electron chi connectivity index (χ4n) is 1.96. The normalized spacial score (nSPS) is 19.3. The van der Waals surface area contributed by atoms with Crippen LogP contribution in [0.25, 0.3) is 0 Å². The van der Waals surface area contributed by atoms with Crippen LogP contribution in [0, 0.1) is 0 Å². The van der Waals surface area contributed by atoms with Gasteiger partial charge in [-0.05, 0) is 0 Å². The lowest BCUT2D eigenvalue weighted by Crippen LogP contribution is -2.52. The number of sulfonamides is 1. The van der Waals surface area contributed by atoms with Crippen molar-refractivity contribution in [1.29, 1.82) is 0 Å². The Morgan fingerprint density at radius 1 is 1.20 bits per heavy atom. The molecule has 1 aliphatic heterocycles. The van der Waals surface area contributed by atoms with Crippen LogP contribution >= 0.6 is 0 Å². The maximum absolute atomic E-state index is 12.3. The maximum atomic E-state index is 12.3. The number of piperazine rings is 1. The maximum Gasteiger partial charge on any atom is 0.276 e. The summed E-state index contributed by atoms with van der Waals surface area (Å²) in [5, 5.41) is 5.04. The molecular weight excluding hydrogens is 306 g/mol. The van der Waals surface area contributed by atoms with Crippen molar-refractivity contribution in [2.75, 3.05) is 26.2 Å². The minimum Gasteiger partial charge on any atom is -0.332 e. The first kappa shape index (κ1) is 15.4. The van der Waals surface area contributed by atoms with Crippen molar-refractivity contribution < 1.29 is 16.8 Å². The first-order chi connectivity index (χ1) is 9.25. The van der Waals surface area contributed by atoms with E-state index in [1.54, 1.807) is 0 Å². The van der Waals surface area contributed by atoms with Gasteiger partial charge in [-0.25, -0.2) is 18.5 Å². The Balaban J connectivity index is 2.13. The molecule has 2 rings (SSSR count). The van der Waals surface area contributed by atoms with Crippen LogP contribution in [-0.4, -0.2) is 61.6 Å². The van der Waals surface area contributed by atoms with Gasteiger partial charge in [0.05, 0.1) is 6.20 Å². The Labute approximate surface area is 118 Å². The van der Waals surface area contributed by atoms with Gasteiger partial charge in [0, 0.05) is 32.6 Å². The third-order valence-electron chi connectivity index (χ3n) is 3.12. The number of hydrogen-bond acceptors (Lipinski definition) is 5. The largest absolute Gasteiger partial charge is 0.332 e. The summed E-state index contributed by atoms with van der Waals surface area (Å²) in [5.74, 6) is 0.590. The summed E-state index contributed by atoms with van der Waals surface area (Å²) in [5.41, 5.74) is 0. The number of hydrogen-bond donors (Lipinski definition) is 2. The highest BCUT2D eigenvalue weighted by Gasteiger charge is 2.32. The van der Waals surface area contributed by atoms with Crippen LogP contribution in [0.5, 0.6) is 0 Å². The first-order valence-electron chi connectivity index (χ1n) is 6.07. The van der Waals surface area contributed by atoms with E-state index in [-0.39, 0.29) is 31.2 Å². The number of nitrogens with zero attached hydrogens (tertiary/aromatic N) is 3. The molecule has 2 heterocycles. The SMILES string of the molecule is CCc1ncc(S(=O)(=O)N2CCN(S(N)(=O)=O)CC2)[nH]1. The first-order valence-corrected chi connectivity index (χ1v) is 9.01. The van der Waals surface area contributed by atoms with Gasteiger partial charge in [-0.1, -0.05) is 6.92 Å². The summed E-state index contributed by atoms with van der Waals surface area (Å²) in [6, 6.07) is 0. The molecule has 0 unspecified atom stereocenters. The molecule has 0 aliphatic carbocycles. The average Bonchev–Trinajstić information content (AvgIpc) is 2.87. The third-order valence-corrected chi connectivity index (χ3v) is 6.01. The summed E-state index contributed by atoms with van der Waals surface area (Å²) in [4.78, 5) is 6.71. The highest BCUT2D eigenvalue weighted by Crippen LogP contribution is 2.16. The number of aromatic amines is 1. The van der Waals surface area contributed by atoms with E-state index in [9.17, 15) is 16.8 Å². The van der Waals surface area contributed by atoms with Crippen LogP contribution in [0.4, 0.5) is 0 Å². The molecule has 0 amide bonds. The lowest BCUT2D eigenvalue weighted by Gasteiger charge is -2.31. The molecule has 0 spiro atoms. The minimum atomic E-state index is -3.77. The number of aromatic nitrogens is 2. The highest BCUT2D eigenvalue weighted by molar-refractivity contribution is 7.89. The minimum absolute atomic E-state index is 0.0263. The topological polar surface area (TPSA) is 129 Å². The van der Waals surface area contributed by atoms with Crippen molar-refractivity contribution >= 4 is 20.2 Å². The van der Waals surface area contributed by atoms with Gasteiger partial charge in [0.2, 0.25) is 0 Å². The molecule has 0 atom stereocenters. The molecule has 0 radical (unpaired) electrons. The van der Waals surface area contributed by atoms with E-state index in [2.05, 4.69) is 9.97 Å². The number of nitrogens with two attached hydrogens (primary N) is 1. The van der Waals surface area contributed by atoms with Crippen LogP contribution in [0.15, 0.2) is 11.2 Å². The molecule has 1 aromatic rings. The number of H-pyrrole nitrogens is 1. The Morgan fingerprint density at radius 3 is 2.20 bits per heavy atom. The molecule has 9 nitrogen and oxygen atoms in total. The predicted molar refractivity (Wildman–Crippen MR) is 71.4 cm³/mol. The van der Waals surface area contributed by atoms with E-state index in [1.807, 2.05) is 6.92 Å². The van der Waals surface area contributed by atoms with Crippen LogP contribution in [0.3, 0.4) is 0 Å². The molecule has 1 aromatic heterocycles. The van der Waals surface area contributed by atoms with Crippen molar-refractivity contribution in [3.05, 3.63) is 12.0 Å². The monoisotopic (exact) mass is 323 g/mol. The molecule has 11 heteroatoms. The van der Waals surface area contributed by atoms with Crippen molar-refractivity contribution in [2.24, 2.45) is 5.14 Å². The van der Waals surface area contributed by atoms with E-state index in [4.69, 9.17) is 5.14 Å². The van der Waals surface area contributed by atoms with E-state index in [0.717, 1.165) is 4.31 Å². The molecule has 3 N–H and O–H groups in total. The van der Waals surface area contributed by atoms with E-state index in [0.29, 0.717) is 12.2 Å². The van der Waals surface area contributed by atoms with Gasteiger partial charge < -0.3 is 4.98 Å². The number of nitrogens with one attached hydrogen (secondary N) is 1. The molecule has 0 bridgehead atoms. The molecule has 1 fully saturated rings. The lowest BCUT2D eigenvalue weighted by molar-refractivity contribution is 0.272. The molecule has 1 aliphatic rings. The molecule has 114 valence electrons. The van der Waals surface area contributed by atoms with Gasteiger partial charge in [0.1, 0.15) is 5.82 Å². The van der Waals surface area contributed by atoms with E-state index in [1.165, 1.54) is 10.5 Å². The van der Waals surface area contributed by atoms with Crippen LogP contribution in [0.1, 0.15) is 12.7 Å². The summed E-state index contributed by atoms with van der Waals surface area (Å²) in [7, 11) is -7.43. The smallest absolute Gasteiger partial charge is 0.276 e. The quantitative estimate of drug-likeness (QED) is 0.695. The highest BCUT2D eigenvalue weighted by atomic mass is 32.2. The fraction of sp³-hybridized carbons (Fsp3) is 0.667. The van der Waals surface area contributed by atoms with E-state index < -0.39 is 20.2 Å². The Hall–Kier alpha value is -1.01. The van der Waals surface area contributed by atoms with Crippen LogP contribution < -0.4 is 5.14 Å². The van der Waals surface area contributed by atoms with E-state index >= 15 is 0 Å². The van der Waals surface area contributed by atoms with Crippen molar-refractivity contribution in [2.45, 2.75) is 18.4 Å². The van der Waals surface area contributed by atoms with Crippen LogP contribution in [0.2, 0.25) is 0 Å². The van der Waals surface area contributed by atoms with Gasteiger partial charge in [-0.15, -0.1) is 0 Å². The lowest BCUT2D eigenvalue weighted by atomic mass is 10.4. The van der Waals surface area contributed by atoms with Crippen molar-refractivity contribution in [1.82, 2.24) is 18.6 Å².